The van der Waals surface area contributed by atoms with E-state index in [1.54, 1.807) is 0 Å². The number of carbonyl (C=O) groups is 3. The van der Waals surface area contributed by atoms with Gasteiger partial charge in [0.05, 0.1) is 12.0 Å². The molecule has 11 atom stereocenters. The molecule has 2 heterocycles. The molecular formula is C26H40N2O5. The number of fused-ring (bicyclic) bond motifs is 2. The predicted octanol–water partition coefficient (Wildman–Crippen LogP) is 3.00. The van der Waals surface area contributed by atoms with Crippen molar-refractivity contribution in [3.8, 4) is 0 Å². The quantitative estimate of drug-likeness (QED) is 0.658. The van der Waals surface area contributed by atoms with Crippen molar-refractivity contribution >= 4 is 17.8 Å². The van der Waals surface area contributed by atoms with Crippen LogP contribution in [0.2, 0.25) is 0 Å². The molecule has 0 aromatic heterocycles. The van der Waals surface area contributed by atoms with Crippen molar-refractivity contribution in [3.63, 3.8) is 0 Å². The zero-order valence-corrected chi connectivity index (χ0v) is 20.5. The minimum atomic E-state index is -0.701. The van der Waals surface area contributed by atoms with Crippen LogP contribution in [-0.4, -0.2) is 59.6 Å². The maximum Gasteiger partial charge on any atom is 0.414 e. The van der Waals surface area contributed by atoms with Crippen LogP contribution in [0.1, 0.15) is 66.2 Å². The molecule has 0 aromatic carbocycles. The Labute approximate surface area is 197 Å². The summed E-state index contributed by atoms with van der Waals surface area (Å²) < 4.78 is 6.06. The van der Waals surface area contributed by atoms with E-state index in [0.717, 1.165) is 38.8 Å². The monoisotopic (exact) mass is 460 g/mol. The average Bonchev–Trinajstić information content (AvgIpc) is 3.49. The highest BCUT2D eigenvalue weighted by atomic mass is 16.6. The molecule has 2 amide bonds. The number of nitrogens with one attached hydrogen (secondary N) is 1. The largest absolute Gasteiger partial charge is 0.445 e. The summed E-state index contributed by atoms with van der Waals surface area (Å²) in [6.45, 7) is 11.1. The van der Waals surface area contributed by atoms with Crippen LogP contribution in [-0.2, 0) is 14.3 Å². The summed E-state index contributed by atoms with van der Waals surface area (Å²) in [7, 11) is 0. The summed E-state index contributed by atoms with van der Waals surface area (Å²) in [5, 5.41) is 13.7. The van der Waals surface area contributed by atoms with Gasteiger partial charge in [-0.3, -0.25) is 14.9 Å². The molecule has 3 aliphatic carbocycles. The first-order chi connectivity index (χ1) is 15.6. The highest BCUT2D eigenvalue weighted by Gasteiger charge is 2.67. The lowest BCUT2D eigenvalue weighted by atomic mass is 9.45. The number of piperidine rings is 1. The summed E-state index contributed by atoms with van der Waals surface area (Å²) in [6.07, 6.45) is 2.96. The van der Waals surface area contributed by atoms with Crippen LogP contribution in [0.25, 0.3) is 0 Å². The molecule has 7 nitrogen and oxygen atoms in total. The standard InChI is InChI=1S/C26H40N2O5/c1-14-11-20(33-24(32)27-23(31)18-13-28-10-7-17(18)12-28)25(4)15(2)5-8-26(16(3)21(14)30)9-6-19(29)22(25)26/h14-18,20-22,30H,5-13H2,1-4H3,(H,27,31,32)/t14-,15+,16-,17-,18-,20+,21+,22?,25-,26?/m0/s1. The Morgan fingerprint density at radius 3 is 2.58 bits per heavy atom. The van der Waals surface area contributed by atoms with Crippen molar-refractivity contribution in [3.05, 3.63) is 0 Å². The van der Waals surface area contributed by atoms with Crippen molar-refractivity contribution in [2.24, 2.45) is 46.3 Å². The molecule has 7 heteroatoms. The van der Waals surface area contributed by atoms with E-state index in [2.05, 4.69) is 31.0 Å². The van der Waals surface area contributed by atoms with E-state index in [-0.39, 0.29) is 46.7 Å². The van der Waals surface area contributed by atoms with Crippen LogP contribution < -0.4 is 5.32 Å². The zero-order chi connectivity index (χ0) is 23.7. The minimum Gasteiger partial charge on any atom is -0.445 e. The van der Waals surface area contributed by atoms with Crippen molar-refractivity contribution in [2.75, 3.05) is 19.6 Å². The summed E-state index contributed by atoms with van der Waals surface area (Å²) in [6, 6.07) is 0. The summed E-state index contributed by atoms with van der Waals surface area (Å²) >= 11 is 0. The zero-order valence-electron chi connectivity index (χ0n) is 20.5. The third kappa shape index (κ3) is 3.40. The number of Topliss-reactive ketones (excluding diaryl/α,β-unsaturated/α-hetero) is 1. The van der Waals surface area contributed by atoms with Gasteiger partial charge >= 0.3 is 6.09 Å². The number of alkyl carbamates (subject to hydrolysis) is 1. The maximum absolute atomic E-state index is 13.3. The Hall–Kier alpha value is -1.47. The molecule has 2 saturated heterocycles. The van der Waals surface area contributed by atoms with Crippen LogP contribution in [0.3, 0.4) is 0 Å². The van der Waals surface area contributed by atoms with E-state index in [0.29, 0.717) is 25.3 Å². The number of ether oxygens (including phenoxy) is 1. The second-order valence-electron chi connectivity index (χ2n) is 12.2. The molecule has 33 heavy (non-hydrogen) atoms. The van der Waals surface area contributed by atoms with Gasteiger partial charge in [0.2, 0.25) is 5.91 Å². The number of rotatable bonds is 2. The molecule has 0 aromatic rings. The highest BCUT2D eigenvalue weighted by molar-refractivity contribution is 5.93. The molecule has 2 N–H and O–H groups in total. The number of amides is 2. The van der Waals surface area contributed by atoms with Crippen LogP contribution in [0.15, 0.2) is 0 Å². The van der Waals surface area contributed by atoms with E-state index in [4.69, 9.17) is 4.74 Å². The third-order valence-corrected chi connectivity index (χ3v) is 10.9. The SMILES string of the molecule is C[C@@H]1CCC23CCC(=O)C2[C@]1(C)[C@H](OC(=O)NC(=O)[C@H]1CN2CC[C@H]1C2)C[C@H](C)[C@@H](O)[C@@H]3C. The van der Waals surface area contributed by atoms with Gasteiger partial charge in [-0.2, -0.15) is 0 Å². The number of nitrogens with zero attached hydrogens (tertiary/aromatic N) is 1. The first kappa shape index (κ1) is 23.3. The van der Waals surface area contributed by atoms with E-state index in [1.807, 2.05) is 6.92 Å². The normalized spacial score (nSPS) is 50.9. The van der Waals surface area contributed by atoms with Gasteiger partial charge in [0.25, 0.3) is 0 Å². The van der Waals surface area contributed by atoms with Crippen LogP contribution >= 0.6 is 0 Å². The van der Waals surface area contributed by atoms with E-state index in [9.17, 15) is 19.5 Å². The topological polar surface area (TPSA) is 95.9 Å². The Kier molecular flexibility index (Phi) is 5.67. The van der Waals surface area contributed by atoms with Gasteiger partial charge in [0.15, 0.2) is 0 Å². The number of aliphatic hydroxyl groups is 1. The second-order valence-corrected chi connectivity index (χ2v) is 12.2. The van der Waals surface area contributed by atoms with Gasteiger partial charge in [-0.25, -0.2) is 4.79 Å². The molecule has 0 radical (unpaired) electrons. The number of carbonyl (C=O) groups excluding carboxylic acids is 3. The Morgan fingerprint density at radius 2 is 1.91 bits per heavy atom. The highest BCUT2D eigenvalue weighted by Crippen LogP contribution is 2.66. The van der Waals surface area contributed by atoms with Gasteiger partial charge in [-0.15, -0.1) is 0 Å². The Bertz CT molecular complexity index is 847. The molecule has 3 saturated carbocycles. The van der Waals surface area contributed by atoms with Gasteiger partial charge in [-0.1, -0.05) is 27.7 Å². The number of imide groups is 1. The molecular weight excluding hydrogens is 420 g/mol. The molecule has 2 aliphatic heterocycles. The lowest BCUT2D eigenvalue weighted by molar-refractivity contribution is -0.182. The lowest BCUT2D eigenvalue weighted by Gasteiger charge is -2.60. The van der Waals surface area contributed by atoms with Gasteiger partial charge < -0.3 is 14.7 Å². The Balaban J connectivity index is 1.40. The average molecular weight is 461 g/mol. The van der Waals surface area contributed by atoms with Gasteiger partial charge in [-0.05, 0) is 67.7 Å². The molecule has 3 unspecified atom stereocenters. The molecule has 5 rings (SSSR count). The molecule has 5 aliphatic rings. The van der Waals surface area contributed by atoms with E-state index in [1.165, 1.54) is 0 Å². The number of hydrogen-bond acceptors (Lipinski definition) is 6. The second kappa shape index (κ2) is 8.04. The Morgan fingerprint density at radius 1 is 1.15 bits per heavy atom. The lowest BCUT2D eigenvalue weighted by Crippen LogP contribution is -2.61. The van der Waals surface area contributed by atoms with Crippen molar-refractivity contribution in [1.29, 1.82) is 0 Å². The maximum atomic E-state index is 13.3. The first-order valence-corrected chi connectivity index (χ1v) is 13.0. The number of hydrogen-bond donors (Lipinski definition) is 2. The van der Waals surface area contributed by atoms with Crippen molar-refractivity contribution in [2.45, 2.75) is 78.4 Å². The predicted molar refractivity (Wildman–Crippen MR) is 122 cm³/mol. The summed E-state index contributed by atoms with van der Waals surface area (Å²) in [4.78, 5) is 41.4. The fraction of sp³-hybridized carbons (Fsp3) is 0.885. The fourth-order valence-electron chi connectivity index (χ4n) is 8.68. The van der Waals surface area contributed by atoms with Crippen LogP contribution in [0.4, 0.5) is 4.79 Å². The number of aliphatic hydroxyl groups excluding tert-OH is 1. The third-order valence-electron chi connectivity index (χ3n) is 10.9. The fourth-order valence-corrected chi connectivity index (χ4v) is 8.68. The van der Waals surface area contributed by atoms with Gasteiger partial charge in [0.1, 0.15) is 11.9 Å². The molecule has 5 fully saturated rings. The van der Waals surface area contributed by atoms with Crippen LogP contribution in [0, 0.1) is 46.3 Å². The van der Waals surface area contributed by atoms with Crippen molar-refractivity contribution < 1.29 is 24.2 Å². The van der Waals surface area contributed by atoms with Gasteiger partial charge in [0, 0.05) is 30.8 Å². The van der Waals surface area contributed by atoms with E-state index >= 15 is 0 Å². The summed E-state index contributed by atoms with van der Waals surface area (Å²) in [5.74, 6) is 0.121. The number of ketones is 1. The molecule has 0 spiro atoms. The van der Waals surface area contributed by atoms with Crippen molar-refractivity contribution in [1.82, 2.24) is 10.2 Å². The molecule has 4 bridgehead atoms. The van der Waals surface area contributed by atoms with E-state index < -0.39 is 23.7 Å². The smallest absolute Gasteiger partial charge is 0.414 e. The summed E-state index contributed by atoms with van der Waals surface area (Å²) in [5.41, 5.74) is -0.745. The van der Waals surface area contributed by atoms with Crippen LogP contribution in [0.5, 0.6) is 0 Å². The first-order valence-electron chi connectivity index (χ1n) is 13.0. The minimum absolute atomic E-state index is 0.0277. The molecule has 184 valence electrons.